The molecule has 0 aromatic heterocycles. The second-order valence-corrected chi connectivity index (χ2v) is 9.66. The number of carboxylic acid groups (broad SMARTS) is 1. The molecule has 0 radical (unpaired) electrons. The maximum Gasteiger partial charge on any atom is 0.404 e. The van der Waals surface area contributed by atoms with Crippen molar-refractivity contribution in [3.05, 3.63) is 35.4 Å². The first-order valence-electron chi connectivity index (χ1n) is 12.7. The number of likely N-dealkylation sites (N-methyl/N-ethyl adjacent to an activating group) is 1. The molecule has 4 unspecified atom stereocenters. The largest absolute Gasteiger partial charge is 0.465 e. The second-order valence-electron chi connectivity index (χ2n) is 9.66. The molecule has 1 saturated carbocycles. The van der Waals surface area contributed by atoms with Crippen LogP contribution in [-0.4, -0.2) is 79.2 Å². The fraction of sp³-hybridized carbons (Fsp3) is 0.680. The van der Waals surface area contributed by atoms with Gasteiger partial charge >= 0.3 is 12.1 Å². The first kappa shape index (κ1) is 28.1. The average molecular weight is 513 g/mol. The zero-order valence-electron chi connectivity index (χ0n) is 20.7. The molecule has 11 heteroatoms. The van der Waals surface area contributed by atoms with Gasteiger partial charge in [-0.3, -0.25) is 0 Å². The molecule has 202 valence electrons. The number of halogens is 2. The highest BCUT2D eigenvalue weighted by Gasteiger charge is 2.35. The number of piperidine rings is 1. The van der Waals surface area contributed by atoms with Gasteiger partial charge in [-0.05, 0) is 44.7 Å². The molecule has 1 aromatic carbocycles. The van der Waals surface area contributed by atoms with E-state index >= 15 is 0 Å². The minimum atomic E-state index is -1.21. The maximum atomic E-state index is 14.7. The van der Waals surface area contributed by atoms with Crippen LogP contribution >= 0.6 is 0 Å². The number of rotatable bonds is 11. The Kier molecular flexibility index (Phi) is 10.7. The molecule has 3 amide bonds. The summed E-state index contributed by atoms with van der Waals surface area (Å²) >= 11 is 0. The number of nitrogens with zero attached hydrogens (tertiary/aromatic N) is 1. The molecule has 1 aliphatic carbocycles. The lowest BCUT2D eigenvalue weighted by molar-refractivity contribution is -0.0113. The van der Waals surface area contributed by atoms with Crippen molar-refractivity contribution in [2.45, 2.75) is 56.8 Å². The van der Waals surface area contributed by atoms with Crippen LogP contribution in [0, 0.1) is 23.5 Å². The molecule has 1 aliphatic heterocycles. The number of benzene rings is 1. The minimum absolute atomic E-state index is 0.00948. The number of amides is 3. The lowest BCUT2D eigenvalue weighted by atomic mass is 9.88. The highest BCUT2D eigenvalue weighted by Crippen LogP contribution is 2.35. The Hall–Kier alpha value is -2.50. The number of nitrogens with one attached hydrogen (secondary N) is 3. The zero-order valence-corrected chi connectivity index (χ0v) is 20.7. The van der Waals surface area contributed by atoms with Gasteiger partial charge in [-0.15, -0.1) is 0 Å². The van der Waals surface area contributed by atoms with E-state index in [0.717, 1.165) is 31.7 Å². The Morgan fingerprint density at radius 1 is 1.17 bits per heavy atom. The Labute approximate surface area is 210 Å². The van der Waals surface area contributed by atoms with Crippen LogP contribution < -0.4 is 16.0 Å². The van der Waals surface area contributed by atoms with E-state index < -0.39 is 36.0 Å². The zero-order chi connectivity index (χ0) is 26.1. The fourth-order valence-electron chi connectivity index (χ4n) is 5.36. The Morgan fingerprint density at radius 3 is 2.58 bits per heavy atom. The summed E-state index contributed by atoms with van der Waals surface area (Å²) in [6, 6.07) is 3.12. The van der Waals surface area contributed by atoms with Crippen molar-refractivity contribution in [3.8, 4) is 0 Å². The summed E-state index contributed by atoms with van der Waals surface area (Å²) in [5.41, 5.74) is 0.0438. The molecule has 2 fully saturated rings. The molecular formula is C25H38F2N4O5. The van der Waals surface area contributed by atoms with Crippen LogP contribution in [0.2, 0.25) is 0 Å². The summed E-state index contributed by atoms with van der Waals surface area (Å²) < 4.78 is 34.6. The van der Waals surface area contributed by atoms with Crippen molar-refractivity contribution in [2.75, 3.05) is 39.8 Å². The van der Waals surface area contributed by atoms with E-state index in [1.165, 1.54) is 12.1 Å². The van der Waals surface area contributed by atoms with Crippen LogP contribution in [0.5, 0.6) is 0 Å². The molecule has 4 atom stereocenters. The Bertz CT molecular complexity index is 871. The molecule has 2 aliphatic rings. The molecule has 0 spiro atoms. The quantitative estimate of drug-likeness (QED) is 0.291. The number of ether oxygens (including phenoxy) is 1. The molecule has 1 saturated heterocycles. The molecule has 1 aromatic rings. The summed E-state index contributed by atoms with van der Waals surface area (Å²) in [4.78, 5) is 25.6. The fourth-order valence-corrected chi connectivity index (χ4v) is 5.36. The van der Waals surface area contributed by atoms with Gasteiger partial charge in [0.05, 0.1) is 24.9 Å². The van der Waals surface area contributed by atoms with Gasteiger partial charge in [0.15, 0.2) is 11.6 Å². The van der Waals surface area contributed by atoms with Gasteiger partial charge in [0.2, 0.25) is 0 Å². The third kappa shape index (κ3) is 7.50. The van der Waals surface area contributed by atoms with Gasteiger partial charge in [-0.25, -0.2) is 18.4 Å². The first-order chi connectivity index (χ1) is 17.3. The van der Waals surface area contributed by atoms with Gasteiger partial charge in [0, 0.05) is 37.7 Å². The van der Waals surface area contributed by atoms with Crippen molar-refractivity contribution in [1.29, 1.82) is 0 Å². The number of aliphatic hydroxyl groups excluding tert-OH is 1. The Morgan fingerprint density at radius 2 is 1.89 bits per heavy atom. The predicted molar refractivity (Wildman–Crippen MR) is 130 cm³/mol. The second kappa shape index (κ2) is 13.7. The monoisotopic (exact) mass is 512 g/mol. The summed E-state index contributed by atoms with van der Waals surface area (Å²) in [5.74, 6) is -2.17. The van der Waals surface area contributed by atoms with E-state index in [4.69, 9.17) is 9.84 Å². The van der Waals surface area contributed by atoms with Crippen molar-refractivity contribution in [1.82, 2.24) is 20.9 Å². The number of likely N-dealkylation sites (tertiary alicyclic amines) is 1. The van der Waals surface area contributed by atoms with Crippen molar-refractivity contribution < 1.29 is 33.3 Å². The number of aliphatic hydroxyl groups is 1. The smallest absolute Gasteiger partial charge is 0.404 e. The van der Waals surface area contributed by atoms with Crippen LogP contribution in [-0.2, 0) is 4.74 Å². The number of hydrogen-bond acceptors (Lipinski definition) is 5. The van der Waals surface area contributed by atoms with Crippen LogP contribution in [0.25, 0.3) is 0 Å². The van der Waals surface area contributed by atoms with Crippen LogP contribution in [0.1, 0.15) is 50.2 Å². The van der Waals surface area contributed by atoms with Gasteiger partial charge < -0.3 is 35.8 Å². The summed E-state index contributed by atoms with van der Waals surface area (Å²) in [5, 5.41) is 27.9. The topological polar surface area (TPSA) is 123 Å². The number of carbonyl (C=O) groups excluding carboxylic acids is 1. The van der Waals surface area contributed by atoms with E-state index in [1.54, 1.807) is 11.9 Å². The lowest BCUT2D eigenvalue weighted by Crippen LogP contribution is -2.56. The van der Waals surface area contributed by atoms with Crippen molar-refractivity contribution in [3.63, 3.8) is 0 Å². The summed E-state index contributed by atoms with van der Waals surface area (Å²) in [6.07, 6.45) is 2.60. The molecule has 3 rings (SSSR count). The van der Waals surface area contributed by atoms with Crippen LogP contribution in [0.15, 0.2) is 18.2 Å². The summed E-state index contributed by atoms with van der Waals surface area (Å²) in [6.45, 7) is 1.13. The predicted octanol–water partition coefficient (Wildman–Crippen LogP) is 2.85. The molecule has 36 heavy (non-hydrogen) atoms. The van der Waals surface area contributed by atoms with Gasteiger partial charge in [0.1, 0.15) is 0 Å². The standard InChI is InChI=1S/C25H38F2N4O5/c1-28-14-20(22(32)16-6-2-3-7-16)30-24(33)31-12-5-8-17(15-31)23(36-13-11-29-25(34)35)18-9-4-10-19(26)21(18)27/h4,9-10,16-17,20,22-23,28-29,32H,2-3,5-8,11-15H2,1H3,(H,30,33)(H,34,35). The SMILES string of the molecule is CNCC(NC(=O)N1CCCC(C(OCCNC(=O)O)c2cccc(F)c2F)C1)C(O)C1CCCC1. The highest BCUT2D eigenvalue weighted by atomic mass is 19.2. The van der Waals surface area contributed by atoms with Crippen molar-refractivity contribution in [2.24, 2.45) is 11.8 Å². The number of urea groups is 1. The van der Waals surface area contributed by atoms with Crippen LogP contribution in [0.4, 0.5) is 18.4 Å². The molecule has 9 nitrogen and oxygen atoms in total. The molecular weight excluding hydrogens is 474 g/mol. The molecule has 5 N–H and O–H groups in total. The summed E-state index contributed by atoms with van der Waals surface area (Å²) in [7, 11) is 1.77. The molecule has 0 bridgehead atoms. The third-order valence-electron chi connectivity index (χ3n) is 7.16. The first-order valence-corrected chi connectivity index (χ1v) is 12.7. The van der Waals surface area contributed by atoms with E-state index in [0.29, 0.717) is 25.9 Å². The average Bonchev–Trinajstić information content (AvgIpc) is 3.40. The number of carbonyl (C=O) groups is 2. The van der Waals surface area contributed by atoms with Gasteiger partial charge in [0.25, 0.3) is 0 Å². The van der Waals surface area contributed by atoms with Crippen molar-refractivity contribution >= 4 is 12.1 Å². The highest BCUT2D eigenvalue weighted by molar-refractivity contribution is 5.74. The van der Waals surface area contributed by atoms with E-state index in [1.807, 2.05) is 0 Å². The maximum absolute atomic E-state index is 14.7. The van der Waals surface area contributed by atoms with E-state index in [-0.39, 0.29) is 43.1 Å². The van der Waals surface area contributed by atoms with E-state index in [9.17, 15) is 23.5 Å². The lowest BCUT2D eigenvalue weighted by Gasteiger charge is -2.38. The Balaban J connectivity index is 1.70. The minimum Gasteiger partial charge on any atom is -0.465 e. The normalized spacial score (nSPS) is 21.1. The molecule has 1 heterocycles. The van der Waals surface area contributed by atoms with Crippen LogP contribution in [0.3, 0.4) is 0 Å². The third-order valence-corrected chi connectivity index (χ3v) is 7.16. The number of hydrogen-bond donors (Lipinski definition) is 5. The van der Waals surface area contributed by atoms with Gasteiger partial charge in [-0.2, -0.15) is 0 Å². The van der Waals surface area contributed by atoms with Gasteiger partial charge in [-0.1, -0.05) is 25.0 Å². The van der Waals surface area contributed by atoms with E-state index in [2.05, 4.69) is 16.0 Å².